The lowest BCUT2D eigenvalue weighted by molar-refractivity contribution is 0.211. The lowest BCUT2D eigenvalue weighted by Crippen LogP contribution is -2.39. The first-order valence-electron chi connectivity index (χ1n) is 7.75. The first kappa shape index (κ1) is 15.0. The van der Waals surface area contributed by atoms with Crippen molar-refractivity contribution in [1.29, 1.82) is 0 Å². The van der Waals surface area contributed by atoms with E-state index >= 15 is 0 Å². The second-order valence-corrected chi connectivity index (χ2v) is 5.56. The molecule has 0 aliphatic carbocycles. The quantitative estimate of drug-likeness (QED) is 0.665. The van der Waals surface area contributed by atoms with Gasteiger partial charge in [-0.2, -0.15) is 0 Å². The van der Waals surface area contributed by atoms with Crippen LogP contribution in [0.15, 0.2) is 0 Å². The van der Waals surface area contributed by atoms with Gasteiger partial charge < -0.3 is 10.2 Å². The Morgan fingerprint density at radius 3 is 2.65 bits per heavy atom. The number of hydrogen-bond acceptors (Lipinski definition) is 2. The summed E-state index contributed by atoms with van der Waals surface area (Å²) in [5.41, 5.74) is 0. The first-order valence-corrected chi connectivity index (χ1v) is 7.75. The Bertz CT molecular complexity index is 176. The normalized spacial score (nSPS) is 22.2. The molecule has 102 valence electrons. The Hall–Kier alpha value is -0.0800. The first-order chi connectivity index (χ1) is 8.30. The molecule has 1 aliphatic heterocycles. The van der Waals surface area contributed by atoms with E-state index in [1.807, 2.05) is 0 Å². The van der Waals surface area contributed by atoms with Crippen LogP contribution in [-0.4, -0.2) is 37.1 Å². The molecule has 17 heavy (non-hydrogen) atoms. The molecule has 0 aromatic rings. The Morgan fingerprint density at radius 2 is 2.12 bits per heavy atom. The number of unbranched alkanes of at least 4 members (excludes halogenated alkanes) is 1. The number of hydrogen-bond donors (Lipinski definition) is 1. The molecule has 0 aromatic heterocycles. The maximum absolute atomic E-state index is 3.61. The van der Waals surface area contributed by atoms with E-state index in [-0.39, 0.29) is 0 Å². The van der Waals surface area contributed by atoms with E-state index in [2.05, 4.69) is 31.0 Å². The van der Waals surface area contributed by atoms with Crippen molar-refractivity contribution >= 4 is 0 Å². The van der Waals surface area contributed by atoms with Crippen molar-refractivity contribution in [2.75, 3.05) is 26.2 Å². The molecule has 0 bridgehead atoms. The van der Waals surface area contributed by atoms with Gasteiger partial charge in [-0.25, -0.2) is 0 Å². The summed E-state index contributed by atoms with van der Waals surface area (Å²) in [5, 5.41) is 3.61. The van der Waals surface area contributed by atoms with E-state index in [0.717, 1.165) is 12.0 Å². The lowest BCUT2D eigenvalue weighted by atomic mass is 9.98. The predicted molar refractivity (Wildman–Crippen MR) is 76.4 cm³/mol. The molecule has 1 fully saturated rings. The molecule has 0 aromatic carbocycles. The average Bonchev–Trinajstić information content (AvgIpc) is 2.85. The van der Waals surface area contributed by atoms with Crippen molar-refractivity contribution in [3.05, 3.63) is 0 Å². The van der Waals surface area contributed by atoms with Gasteiger partial charge in [-0.1, -0.05) is 40.0 Å². The van der Waals surface area contributed by atoms with Crippen LogP contribution in [0, 0.1) is 5.92 Å². The minimum atomic E-state index is 0.763. The second-order valence-electron chi connectivity index (χ2n) is 5.56. The monoisotopic (exact) mass is 240 g/mol. The van der Waals surface area contributed by atoms with Gasteiger partial charge in [0.1, 0.15) is 0 Å². The van der Waals surface area contributed by atoms with Gasteiger partial charge >= 0.3 is 0 Å². The molecule has 0 spiro atoms. The Morgan fingerprint density at radius 1 is 1.29 bits per heavy atom. The highest BCUT2D eigenvalue weighted by Gasteiger charge is 2.18. The highest BCUT2D eigenvalue weighted by molar-refractivity contribution is 4.78. The summed E-state index contributed by atoms with van der Waals surface area (Å²) in [5.74, 6) is 0.913. The minimum absolute atomic E-state index is 0.763. The number of nitrogens with zero attached hydrogens (tertiary/aromatic N) is 1. The van der Waals surface area contributed by atoms with Crippen LogP contribution in [0.4, 0.5) is 0 Å². The van der Waals surface area contributed by atoms with Crippen LogP contribution in [0.1, 0.15) is 59.3 Å². The Kier molecular flexibility index (Phi) is 7.87. The zero-order valence-corrected chi connectivity index (χ0v) is 12.2. The van der Waals surface area contributed by atoms with Gasteiger partial charge in [0.2, 0.25) is 0 Å². The molecule has 2 atom stereocenters. The zero-order valence-electron chi connectivity index (χ0n) is 12.2. The third-order valence-corrected chi connectivity index (χ3v) is 4.15. The SMILES string of the molecule is CCCCC(CC)CN(CC)CC1CCCN1. The molecular formula is C15H32N2. The van der Waals surface area contributed by atoms with Crippen molar-refractivity contribution in [3.63, 3.8) is 0 Å². The molecule has 1 rings (SSSR count). The van der Waals surface area contributed by atoms with Crippen LogP contribution in [0.5, 0.6) is 0 Å². The second kappa shape index (κ2) is 8.93. The molecule has 1 aliphatic rings. The molecule has 2 unspecified atom stereocenters. The van der Waals surface area contributed by atoms with Gasteiger partial charge in [-0.3, -0.25) is 0 Å². The van der Waals surface area contributed by atoms with Crippen LogP contribution in [-0.2, 0) is 0 Å². The maximum atomic E-state index is 3.61. The van der Waals surface area contributed by atoms with E-state index in [1.54, 1.807) is 0 Å². The fourth-order valence-corrected chi connectivity index (χ4v) is 2.84. The fraction of sp³-hybridized carbons (Fsp3) is 1.00. The van der Waals surface area contributed by atoms with Crippen molar-refractivity contribution < 1.29 is 0 Å². The van der Waals surface area contributed by atoms with E-state index < -0.39 is 0 Å². The standard InChI is InChI=1S/C15H32N2/c1-4-7-9-14(5-2)12-17(6-3)13-15-10-8-11-16-15/h14-16H,4-13H2,1-3H3. The van der Waals surface area contributed by atoms with Crippen LogP contribution in [0.25, 0.3) is 0 Å². The molecule has 1 N–H and O–H groups in total. The van der Waals surface area contributed by atoms with Crippen LogP contribution in [0.3, 0.4) is 0 Å². The molecule has 0 saturated carbocycles. The number of likely N-dealkylation sites (N-methyl/N-ethyl adjacent to an activating group) is 1. The Labute approximate surface area is 108 Å². The van der Waals surface area contributed by atoms with Crippen molar-refractivity contribution in [2.45, 2.75) is 65.3 Å². The molecule has 1 saturated heterocycles. The molecule has 0 amide bonds. The summed E-state index contributed by atoms with van der Waals surface area (Å²) in [7, 11) is 0. The van der Waals surface area contributed by atoms with E-state index in [1.165, 1.54) is 64.7 Å². The molecule has 2 nitrogen and oxygen atoms in total. The van der Waals surface area contributed by atoms with Gasteiger partial charge in [0.15, 0.2) is 0 Å². The summed E-state index contributed by atoms with van der Waals surface area (Å²) < 4.78 is 0. The average molecular weight is 240 g/mol. The smallest absolute Gasteiger partial charge is 0.0195 e. The van der Waals surface area contributed by atoms with Crippen molar-refractivity contribution in [2.24, 2.45) is 5.92 Å². The summed E-state index contributed by atoms with van der Waals surface area (Å²) >= 11 is 0. The summed E-state index contributed by atoms with van der Waals surface area (Å²) in [6, 6.07) is 0.763. The largest absolute Gasteiger partial charge is 0.313 e. The van der Waals surface area contributed by atoms with Gasteiger partial charge in [-0.05, 0) is 38.3 Å². The van der Waals surface area contributed by atoms with Gasteiger partial charge in [0, 0.05) is 19.1 Å². The highest BCUT2D eigenvalue weighted by atomic mass is 15.1. The predicted octanol–water partition coefficient (Wildman–Crippen LogP) is 3.28. The third-order valence-electron chi connectivity index (χ3n) is 4.15. The van der Waals surface area contributed by atoms with Crippen LogP contribution in [0.2, 0.25) is 0 Å². The maximum Gasteiger partial charge on any atom is 0.0195 e. The third kappa shape index (κ3) is 5.87. The van der Waals surface area contributed by atoms with Gasteiger partial charge in [0.25, 0.3) is 0 Å². The summed E-state index contributed by atoms with van der Waals surface area (Å²) in [4.78, 5) is 2.66. The van der Waals surface area contributed by atoms with E-state index in [4.69, 9.17) is 0 Å². The van der Waals surface area contributed by atoms with Crippen molar-refractivity contribution in [3.8, 4) is 0 Å². The highest BCUT2D eigenvalue weighted by Crippen LogP contribution is 2.15. The van der Waals surface area contributed by atoms with Crippen LogP contribution >= 0.6 is 0 Å². The lowest BCUT2D eigenvalue weighted by Gasteiger charge is -2.28. The zero-order chi connectivity index (χ0) is 12.5. The summed E-state index contributed by atoms with van der Waals surface area (Å²) in [6.45, 7) is 12.0. The molecule has 2 heteroatoms. The molecule has 0 radical (unpaired) electrons. The molecule has 1 heterocycles. The minimum Gasteiger partial charge on any atom is -0.313 e. The van der Waals surface area contributed by atoms with Gasteiger partial charge in [-0.15, -0.1) is 0 Å². The molecular weight excluding hydrogens is 208 g/mol. The summed E-state index contributed by atoms with van der Waals surface area (Å²) in [6.07, 6.45) is 8.25. The van der Waals surface area contributed by atoms with Crippen molar-refractivity contribution in [1.82, 2.24) is 10.2 Å². The number of nitrogens with one attached hydrogen (secondary N) is 1. The van der Waals surface area contributed by atoms with Gasteiger partial charge in [0.05, 0.1) is 0 Å². The fourth-order valence-electron chi connectivity index (χ4n) is 2.84. The van der Waals surface area contributed by atoms with E-state index in [9.17, 15) is 0 Å². The van der Waals surface area contributed by atoms with E-state index in [0.29, 0.717) is 0 Å². The topological polar surface area (TPSA) is 15.3 Å². The number of rotatable bonds is 9. The Balaban J connectivity index is 2.27. The van der Waals surface area contributed by atoms with Crippen LogP contribution < -0.4 is 5.32 Å².